The van der Waals surface area contributed by atoms with Gasteiger partial charge in [0.2, 0.25) is 6.79 Å². The maximum Gasteiger partial charge on any atom is 0.313 e. The normalized spacial score (nSPS) is 13.1. The molecule has 0 saturated carbocycles. The lowest BCUT2D eigenvalue weighted by molar-refractivity contribution is -0.136. The number of carbonyl (C=O) groups is 2. The third kappa shape index (κ3) is 4.53. The van der Waals surface area contributed by atoms with Crippen molar-refractivity contribution < 1.29 is 28.6 Å². The molecule has 2 amide bonds. The minimum Gasteiger partial charge on any atom is -0.454 e. The summed E-state index contributed by atoms with van der Waals surface area (Å²) < 4.78 is 23.9. The van der Waals surface area contributed by atoms with E-state index in [1.165, 1.54) is 12.1 Å². The molecule has 0 radical (unpaired) electrons. The van der Waals surface area contributed by atoms with Gasteiger partial charge >= 0.3 is 11.8 Å². The van der Waals surface area contributed by atoms with Gasteiger partial charge in [0.25, 0.3) is 0 Å². The number of fused-ring (bicyclic) bond motifs is 1. The molecule has 3 N–H and O–H groups in total. The molecule has 2 aromatic carbocycles. The van der Waals surface area contributed by atoms with Crippen LogP contribution in [0.5, 0.6) is 11.5 Å². The largest absolute Gasteiger partial charge is 0.454 e. The Balaban J connectivity index is 1.47. The molecule has 1 aliphatic heterocycles. The number of anilines is 1. The molecule has 1 atom stereocenters. The Kier molecular flexibility index (Phi) is 5.56. The van der Waals surface area contributed by atoms with Crippen LogP contribution in [0.1, 0.15) is 23.7 Å². The highest BCUT2D eigenvalue weighted by Gasteiger charge is 2.18. The predicted octanol–water partition coefficient (Wildman–Crippen LogP) is 2.04. The summed E-state index contributed by atoms with van der Waals surface area (Å²) in [7, 11) is 0. The average Bonchev–Trinajstić information content (AvgIpc) is 3.12. The summed E-state index contributed by atoms with van der Waals surface area (Å²) in [6.45, 7) is 1.83. The van der Waals surface area contributed by atoms with E-state index in [9.17, 15) is 19.1 Å². The van der Waals surface area contributed by atoms with Crippen LogP contribution in [0.3, 0.4) is 0 Å². The van der Waals surface area contributed by atoms with Gasteiger partial charge in [-0.3, -0.25) is 9.59 Å². The molecule has 1 aliphatic rings. The molecular formula is C19H19FN2O5. The van der Waals surface area contributed by atoms with Gasteiger partial charge in [0, 0.05) is 12.2 Å². The molecule has 8 heteroatoms. The summed E-state index contributed by atoms with van der Waals surface area (Å²) in [5, 5.41) is 15.0. The van der Waals surface area contributed by atoms with Gasteiger partial charge in [0.15, 0.2) is 11.5 Å². The average molecular weight is 374 g/mol. The van der Waals surface area contributed by atoms with Crippen LogP contribution in [0.4, 0.5) is 10.1 Å². The van der Waals surface area contributed by atoms with Crippen molar-refractivity contribution >= 4 is 17.5 Å². The molecule has 7 nitrogen and oxygen atoms in total. The van der Waals surface area contributed by atoms with Crippen LogP contribution in [0.15, 0.2) is 36.4 Å². The van der Waals surface area contributed by atoms with E-state index in [4.69, 9.17) is 9.47 Å². The first kappa shape index (κ1) is 18.7. The number of amides is 2. The van der Waals surface area contributed by atoms with E-state index in [2.05, 4.69) is 10.6 Å². The maximum atomic E-state index is 13.5. The third-order valence-electron chi connectivity index (χ3n) is 4.12. The van der Waals surface area contributed by atoms with E-state index >= 15 is 0 Å². The standard InChI is InChI=1S/C19H19FN2O5/c1-11-2-4-13(9-14(11)20)22-19(25)18(24)21-7-6-15(23)12-3-5-16-17(8-12)27-10-26-16/h2-5,8-9,15,23H,6-7,10H2,1H3,(H,21,24)(H,22,25)/t15-/m1/s1. The fourth-order valence-corrected chi connectivity index (χ4v) is 2.55. The first-order chi connectivity index (χ1) is 12.9. The van der Waals surface area contributed by atoms with Crippen LogP contribution in [0.2, 0.25) is 0 Å². The number of aryl methyl sites for hydroxylation is 1. The van der Waals surface area contributed by atoms with Crippen molar-refractivity contribution in [1.29, 1.82) is 0 Å². The summed E-state index contributed by atoms with van der Waals surface area (Å²) in [4.78, 5) is 23.7. The highest BCUT2D eigenvalue weighted by molar-refractivity contribution is 6.39. The highest BCUT2D eigenvalue weighted by Crippen LogP contribution is 2.34. The lowest BCUT2D eigenvalue weighted by Crippen LogP contribution is -2.36. The van der Waals surface area contributed by atoms with Crippen molar-refractivity contribution in [2.24, 2.45) is 0 Å². The summed E-state index contributed by atoms with van der Waals surface area (Å²) in [5.74, 6) is -1.08. The van der Waals surface area contributed by atoms with Gasteiger partial charge in [0.1, 0.15) is 5.82 Å². The molecule has 1 heterocycles. The SMILES string of the molecule is Cc1ccc(NC(=O)C(=O)NCC[C@@H](O)c2ccc3c(c2)OCO3)cc1F. The Morgan fingerprint density at radius 2 is 1.93 bits per heavy atom. The first-order valence-corrected chi connectivity index (χ1v) is 8.37. The number of carbonyl (C=O) groups excluding carboxylic acids is 2. The van der Waals surface area contributed by atoms with Crippen molar-refractivity contribution in [3.63, 3.8) is 0 Å². The smallest absolute Gasteiger partial charge is 0.313 e. The second-order valence-electron chi connectivity index (χ2n) is 6.09. The number of benzene rings is 2. The Labute approximate surface area is 155 Å². The molecule has 142 valence electrons. The Hall–Kier alpha value is -3.13. The van der Waals surface area contributed by atoms with E-state index < -0.39 is 23.7 Å². The van der Waals surface area contributed by atoms with Gasteiger partial charge in [-0.2, -0.15) is 0 Å². The summed E-state index contributed by atoms with van der Waals surface area (Å²) in [6, 6.07) is 9.24. The molecule has 0 fully saturated rings. The maximum absolute atomic E-state index is 13.5. The molecule has 0 bridgehead atoms. The van der Waals surface area contributed by atoms with E-state index in [-0.39, 0.29) is 25.4 Å². The van der Waals surface area contributed by atoms with Crippen molar-refractivity contribution in [2.45, 2.75) is 19.4 Å². The second kappa shape index (κ2) is 8.05. The Morgan fingerprint density at radius 1 is 1.15 bits per heavy atom. The van der Waals surface area contributed by atoms with Gasteiger partial charge in [-0.25, -0.2) is 4.39 Å². The van der Waals surface area contributed by atoms with Crippen molar-refractivity contribution in [1.82, 2.24) is 5.32 Å². The number of rotatable bonds is 5. The number of ether oxygens (including phenoxy) is 2. The van der Waals surface area contributed by atoms with Gasteiger partial charge in [0.05, 0.1) is 6.10 Å². The predicted molar refractivity (Wildman–Crippen MR) is 94.9 cm³/mol. The summed E-state index contributed by atoms with van der Waals surface area (Å²) in [6.07, 6.45) is -0.633. The molecule has 2 aromatic rings. The number of halogens is 1. The monoisotopic (exact) mass is 374 g/mol. The highest BCUT2D eigenvalue weighted by atomic mass is 19.1. The summed E-state index contributed by atoms with van der Waals surface area (Å²) >= 11 is 0. The molecule has 0 aromatic heterocycles. The molecule has 3 rings (SSSR count). The van der Waals surface area contributed by atoms with E-state index in [0.29, 0.717) is 22.6 Å². The van der Waals surface area contributed by atoms with Crippen molar-refractivity contribution in [2.75, 3.05) is 18.7 Å². The minimum atomic E-state index is -0.907. The zero-order valence-corrected chi connectivity index (χ0v) is 14.6. The fraction of sp³-hybridized carbons (Fsp3) is 0.263. The van der Waals surface area contributed by atoms with Crippen LogP contribution in [0, 0.1) is 12.7 Å². The van der Waals surface area contributed by atoms with Crippen molar-refractivity contribution in [3.8, 4) is 11.5 Å². The van der Waals surface area contributed by atoms with Gasteiger partial charge in [-0.15, -0.1) is 0 Å². The molecule has 0 saturated heterocycles. The van der Waals surface area contributed by atoms with E-state index in [1.807, 2.05) is 0 Å². The molecular weight excluding hydrogens is 355 g/mol. The molecule has 0 unspecified atom stereocenters. The van der Waals surface area contributed by atoms with Gasteiger partial charge < -0.3 is 25.2 Å². The first-order valence-electron chi connectivity index (χ1n) is 8.37. The number of hydrogen-bond acceptors (Lipinski definition) is 5. The zero-order chi connectivity index (χ0) is 19.4. The number of nitrogens with one attached hydrogen (secondary N) is 2. The number of aliphatic hydroxyl groups is 1. The van der Waals surface area contributed by atoms with Crippen LogP contribution in [0.25, 0.3) is 0 Å². The Bertz CT molecular complexity index is 871. The molecule has 27 heavy (non-hydrogen) atoms. The Morgan fingerprint density at radius 3 is 2.70 bits per heavy atom. The van der Waals surface area contributed by atoms with Crippen LogP contribution >= 0.6 is 0 Å². The van der Waals surface area contributed by atoms with Crippen LogP contribution < -0.4 is 20.1 Å². The zero-order valence-electron chi connectivity index (χ0n) is 14.6. The second-order valence-corrected chi connectivity index (χ2v) is 6.09. The van der Waals surface area contributed by atoms with E-state index in [0.717, 1.165) is 6.07 Å². The topological polar surface area (TPSA) is 96.9 Å². The van der Waals surface area contributed by atoms with Gasteiger partial charge in [-0.05, 0) is 48.7 Å². The van der Waals surface area contributed by atoms with Crippen molar-refractivity contribution in [3.05, 3.63) is 53.3 Å². The van der Waals surface area contributed by atoms with Crippen LogP contribution in [-0.4, -0.2) is 30.3 Å². The molecule has 0 spiro atoms. The number of aliphatic hydroxyl groups excluding tert-OH is 1. The minimum absolute atomic E-state index is 0.0874. The summed E-state index contributed by atoms with van der Waals surface area (Å²) in [5.41, 5.74) is 1.25. The quantitative estimate of drug-likeness (QED) is 0.696. The van der Waals surface area contributed by atoms with E-state index in [1.54, 1.807) is 25.1 Å². The third-order valence-corrected chi connectivity index (χ3v) is 4.12. The fourth-order valence-electron chi connectivity index (χ4n) is 2.55. The lowest BCUT2D eigenvalue weighted by atomic mass is 10.1. The lowest BCUT2D eigenvalue weighted by Gasteiger charge is -2.12. The van der Waals surface area contributed by atoms with Crippen LogP contribution in [-0.2, 0) is 9.59 Å². The van der Waals surface area contributed by atoms with Gasteiger partial charge in [-0.1, -0.05) is 12.1 Å². The number of hydrogen-bond donors (Lipinski definition) is 3. The molecule has 0 aliphatic carbocycles.